The van der Waals surface area contributed by atoms with Gasteiger partial charge in [0.05, 0.1) is 6.10 Å². The Kier molecular flexibility index (Phi) is 3.19. The predicted octanol–water partition coefficient (Wildman–Crippen LogP) is -0.567. The van der Waals surface area contributed by atoms with Gasteiger partial charge in [-0.3, -0.25) is 4.79 Å². The van der Waals surface area contributed by atoms with Gasteiger partial charge in [-0.25, -0.2) is 0 Å². The quantitative estimate of drug-likeness (QED) is 0.541. The highest BCUT2D eigenvalue weighted by Gasteiger charge is 2.18. The molecule has 0 bridgehead atoms. The first-order valence-corrected chi connectivity index (χ1v) is 2.60. The molecule has 0 amide bonds. The maximum atomic E-state index is 10.1. The predicted molar refractivity (Wildman–Crippen MR) is 32.1 cm³/mol. The van der Waals surface area contributed by atoms with Crippen molar-refractivity contribution in [3.05, 3.63) is 0 Å². The molecule has 0 aromatic rings. The first-order valence-electron chi connectivity index (χ1n) is 2.60. The second-order valence-electron chi connectivity index (χ2n) is 1.80. The zero-order chi connectivity index (χ0) is 7.44. The topological polar surface area (TPSA) is 72.5 Å². The van der Waals surface area contributed by atoms with E-state index >= 15 is 0 Å². The minimum absolute atomic E-state index is 0.428. The number of hydrogen-bond acceptors (Lipinski definition) is 3. The van der Waals surface area contributed by atoms with E-state index in [0.717, 1.165) is 0 Å². The summed E-state index contributed by atoms with van der Waals surface area (Å²) in [5.41, 5.74) is 5.15. The van der Waals surface area contributed by atoms with Crippen LogP contribution < -0.4 is 5.73 Å². The van der Waals surface area contributed by atoms with Crippen LogP contribution in [0.5, 0.6) is 0 Å². The second kappa shape index (κ2) is 3.42. The summed E-state index contributed by atoms with van der Waals surface area (Å²) in [6, 6.07) is -0.921. The van der Waals surface area contributed by atoms with E-state index < -0.39 is 18.1 Å². The number of rotatable bonds is 3. The minimum Gasteiger partial charge on any atom is -0.480 e. The number of methoxy groups -OCH3 is 1. The maximum Gasteiger partial charge on any atom is 0.323 e. The third kappa shape index (κ3) is 2.43. The summed E-state index contributed by atoms with van der Waals surface area (Å²) in [5.74, 6) is -1.04. The van der Waals surface area contributed by atoms with Crippen LogP contribution in [0.1, 0.15) is 6.92 Å². The lowest BCUT2D eigenvalue weighted by Crippen LogP contribution is -2.40. The lowest BCUT2D eigenvalue weighted by Gasteiger charge is -2.12. The summed E-state index contributed by atoms with van der Waals surface area (Å²) in [4.78, 5) is 10.1. The Balaban J connectivity index is 3.72. The van der Waals surface area contributed by atoms with Crippen molar-refractivity contribution >= 4 is 5.97 Å². The average molecular weight is 133 g/mol. The Morgan fingerprint density at radius 3 is 2.33 bits per heavy atom. The molecule has 0 aromatic heterocycles. The number of carbonyl (C=O) groups is 1. The van der Waals surface area contributed by atoms with Gasteiger partial charge in [-0.1, -0.05) is 0 Å². The first kappa shape index (κ1) is 8.39. The highest BCUT2D eigenvalue weighted by Crippen LogP contribution is 1.92. The average Bonchev–Trinajstić information content (AvgIpc) is 1.84. The van der Waals surface area contributed by atoms with Gasteiger partial charge in [0.15, 0.2) is 0 Å². The molecule has 0 heterocycles. The lowest BCUT2D eigenvalue weighted by atomic mass is 10.2. The standard InChI is InChI=1S/C5H11NO3/c1-3(9-2)4(6)5(7)8/h3-4H,6H2,1-2H3,(H,7,8)/t3-,4?/m1/s1. The van der Waals surface area contributed by atoms with Crippen LogP contribution in [0.25, 0.3) is 0 Å². The maximum absolute atomic E-state index is 10.1. The molecular weight excluding hydrogens is 122 g/mol. The van der Waals surface area contributed by atoms with Crippen molar-refractivity contribution < 1.29 is 14.6 Å². The molecule has 1 unspecified atom stereocenters. The number of carboxylic acid groups (broad SMARTS) is 1. The molecule has 0 radical (unpaired) electrons. The summed E-state index contributed by atoms with van der Waals surface area (Å²) in [5, 5.41) is 8.28. The first-order chi connectivity index (χ1) is 4.09. The third-order valence-corrected chi connectivity index (χ3v) is 1.16. The van der Waals surface area contributed by atoms with E-state index in [4.69, 9.17) is 10.8 Å². The Morgan fingerprint density at radius 2 is 2.22 bits per heavy atom. The van der Waals surface area contributed by atoms with Crippen molar-refractivity contribution in [2.24, 2.45) is 5.73 Å². The van der Waals surface area contributed by atoms with Gasteiger partial charge in [0, 0.05) is 7.11 Å². The molecular formula is C5H11NO3. The monoisotopic (exact) mass is 133 g/mol. The summed E-state index contributed by atoms with van der Waals surface area (Å²) >= 11 is 0. The van der Waals surface area contributed by atoms with E-state index in [1.165, 1.54) is 7.11 Å². The molecule has 4 nitrogen and oxygen atoms in total. The third-order valence-electron chi connectivity index (χ3n) is 1.16. The number of hydrogen-bond donors (Lipinski definition) is 2. The molecule has 3 N–H and O–H groups in total. The normalized spacial score (nSPS) is 16.8. The molecule has 0 aromatic carbocycles. The molecule has 0 aliphatic rings. The smallest absolute Gasteiger partial charge is 0.323 e. The molecule has 0 aliphatic heterocycles. The van der Waals surface area contributed by atoms with Crippen LogP contribution in [-0.2, 0) is 9.53 Å². The van der Waals surface area contributed by atoms with Crippen molar-refractivity contribution in [3.63, 3.8) is 0 Å². The molecule has 54 valence electrons. The van der Waals surface area contributed by atoms with Crippen LogP contribution in [0.15, 0.2) is 0 Å². The van der Waals surface area contributed by atoms with Gasteiger partial charge >= 0.3 is 5.97 Å². The Hall–Kier alpha value is -0.610. The Labute approximate surface area is 53.6 Å². The van der Waals surface area contributed by atoms with Gasteiger partial charge in [-0.05, 0) is 6.92 Å². The fraction of sp³-hybridized carbons (Fsp3) is 0.800. The van der Waals surface area contributed by atoms with Crippen LogP contribution in [0.3, 0.4) is 0 Å². The number of nitrogens with two attached hydrogens (primary N) is 1. The molecule has 0 aliphatic carbocycles. The van der Waals surface area contributed by atoms with Crippen molar-refractivity contribution in [2.75, 3.05) is 7.11 Å². The van der Waals surface area contributed by atoms with Crippen molar-refractivity contribution in [1.29, 1.82) is 0 Å². The van der Waals surface area contributed by atoms with Crippen LogP contribution in [0, 0.1) is 0 Å². The van der Waals surface area contributed by atoms with E-state index in [1.54, 1.807) is 6.92 Å². The molecule has 4 heteroatoms. The van der Waals surface area contributed by atoms with E-state index in [0.29, 0.717) is 0 Å². The SMILES string of the molecule is CO[C@H](C)C(N)C(=O)O. The highest BCUT2D eigenvalue weighted by atomic mass is 16.5. The molecule has 0 rings (SSSR count). The van der Waals surface area contributed by atoms with E-state index in [2.05, 4.69) is 4.74 Å². The molecule has 2 atom stereocenters. The van der Waals surface area contributed by atoms with Gasteiger partial charge in [-0.15, -0.1) is 0 Å². The van der Waals surface area contributed by atoms with Crippen LogP contribution >= 0.6 is 0 Å². The molecule has 0 saturated carbocycles. The van der Waals surface area contributed by atoms with Gasteiger partial charge in [0.1, 0.15) is 6.04 Å². The Morgan fingerprint density at radius 1 is 1.78 bits per heavy atom. The molecule has 0 spiro atoms. The van der Waals surface area contributed by atoms with Crippen molar-refractivity contribution in [2.45, 2.75) is 19.1 Å². The van der Waals surface area contributed by atoms with Gasteiger partial charge < -0.3 is 15.6 Å². The van der Waals surface area contributed by atoms with Crippen molar-refractivity contribution in [1.82, 2.24) is 0 Å². The highest BCUT2D eigenvalue weighted by molar-refractivity contribution is 5.73. The number of ether oxygens (including phenoxy) is 1. The number of aliphatic carboxylic acids is 1. The second-order valence-corrected chi connectivity index (χ2v) is 1.80. The van der Waals surface area contributed by atoms with E-state index in [-0.39, 0.29) is 0 Å². The lowest BCUT2D eigenvalue weighted by molar-refractivity contribution is -0.141. The van der Waals surface area contributed by atoms with E-state index in [1.807, 2.05) is 0 Å². The zero-order valence-corrected chi connectivity index (χ0v) is 5.50. The van der Waals surface area contributed by atoms with Crippen LogP contribution in [-0.4, -0.2) is 30.3 Å². The fourth-order valence-corrected chi connectivity index (χ4v) is 0.347. The Bertz CT molecular complexity index is 104. The summed E-state index contributed by atoms with van der Waals surface area (Å²) in [6.45, 7) is 1.61. The molecule has 0 saturated heterocycles. The van der Waals surface area contributed by atoms with E-state index in [9.17, 15) is 4.79 Å². The van der Waals surface area contributed by atoms with Gasteiger partial charge in [-0.2, -0.15) is 0 Å². The van der Waals surface area contributed by atoms with Gasteiger partial charge in [0.2, 0.25) is 0 Å². The molecule has 0 fully saturated rings. The van der Waals surface area contributed by atoms with Crippen LogP contribution in [0.4, 0.5) is 0 Å². The zero-order valence-electron chi connectivity index (χ0n) is 5.50. The minimum atomic E-state index is -1.04. The largest absolute Gasteiger partial charge is 0.480 e. The van der Waals surface area contributed by atoms with Crippen LogP contribution in [0.2, 0.25) is 0 Å². The van der Waals surface area contributed by atoms with Gasteiger partial charge in [0.25, 0.3) is 0 Å². The summed E-state index contributed by atoms with van der Waals surface area (Å²) in [6.07, 6.45) is -0.428. The number of carboxylic acids is 1. The van der Waals surface area contributed by atoms with Crippen molar-refractivity contribution in [3.8, 4) is 0 Å². The summed E-state index contributed by atoms with van der Waals surface area (Å²) in [7, 11) is 1.42. The fourth-order valence-electron chi connectivity index (χ4n) is 0.347. The summed E-state index contributed by atoms with van der Waals surface area (Å²) < 4.78 is 4.67. The molecule has 9 heavy (non-hydrogen) atoms.